The molecule has 2 heteroatoms. The van der Waals surface area contributed by atoms with Gasteiger partial charge in [0.25, 0.3) is 0 Å². The summed E-state index contributed by atoms with van der Waals surface area (Å²) < 4.78 is 0. The van der Waals surface area contributed by atoms with Gasteiger partial charge in [0.1, 0.15) is 0 Å². The van der Waals surface area contributed by atoms with Crippen LogP contribution < -0.4 is 0 Å². The first-order chi connectivity index (χ1) is 27.0. The molecule has 0 saturated carbocycles. The number of fused-ring (bicyclic) bond motifs is 11. The highest BCUT2D eigenvalue weighted by Gasteiger charge is 2.38. The Kier molecular flexibility index (Phi) is 6.93. The number of hydrogen-bond acceptors (Lipinski definition) is 2. The second kappa shape index (κ2) is 12.1. The fraction of sp³-hybridized carbons (Fsp3) is 0.0566. The standard InChI is InChI=1S/C53H36N2/c1-53(2)47-32-38(28-29-42(47)45-31-30-44-41-16-7-6-14-39(41)40-15-8-9-17-43(40)49(44)50(45)53)35-22-26-37(27-23-35)52-54-48-19-11-10-18-46(48)51(55-52)36-24-20-34(21-25-36)33-12-4-3-5-13-33/h3-32H,1-2H3. The first-order valence-electron chi connectivity index (χ1n) is 19.1. The quantitative estimate of drug-likeness (QED) is 0.171. The maximum Gasteiger partial charge on any atom is 0.160 e. The third-order valence-corrected chi connectivity index (χ3v) is 11.9. The second-order valence-corrected chi connectivity index (χ2v) is 15.3. The van der Waals surface area contributed by atoms with Crippen molar-refractivity contribution in [1.82, 2.24) is 9.97 Å². The molecule has 10 aromatic rings. The number of aromatic nitrogens is 2. The van der Waals surface area contributed by atoms with E-state index >= 15 is 0 Å². The van der Waals surface area contributed by atoms with Crippen LogP contribution in [0.15, 0.2) is 182 Å². The molecule has 1 heterocycles. The van der Waals surface area contributed by atoms with Crippen LogP contribution in [-0.2, 0) is 5.41 Å². The van der Waals surface area contributed by atoms with Crippen molar-refractivity contribution in [3.8, 4) is 56.0 Å². The molecular weight excluding hydrogens is 665 g/mol. The van der Waals surface area contributed by atoms with E-state index in [1.807, 2.05) is 6.07 Å². The van der Waals surface area contributed by atoms with Gasteiger partial charge < -0.3 is 0 Å². The predicted octanol–water partition coefficient (Wildman–Crippen LogP) is 14.1. The molecule has 0 amide bonds. The molecule has 258 valence electrons. The fourth-order valence-electron chi connectivity index (χ4n) is 9.17. The van der Waals surface area contributed by atoms with E-state index in [9.17, 15) is 0 Å². The second-order valence-electron chi connectivity index (χ2n) is 15.3. The van der Waals surface area contributed by atoms with E-state index in [1.165, 1.54) is 76.8 Å². The Morgan fingerprint density at radius 2 is 0.855 bits per heavy atom. The van der Waals surface area contributed by atoms with Gasteiger partial charge in [-0.15, -0.1) is 0 Å². The number of hydrogen-bond donors (Lipinski definition) is 0. The van der Waals surface area contributed by atoms with Gasteiger partial charge in [0, 0.05) is 21.9 Å². The summed E-state index contributed by atoms with van der Waals surface area (Å²) in [6, 6.07) is 65.8. The largest absolute Gasteiger partial charge is 0.228 e. The monoisotopic (exact) mass is 700 g/mol. The van der Waals surface area contributed by atoms with Crippen LogP contribution in [0.3, 0.4) is 0 Å². The molecule has 0 bridgehead atoms. The Labute approximate surface area is 320 Å². The Morgan fingerprint density at radius 1 is 0.364 bits per heavy atom. The Bertz CT molecular complexity index is 3100. The molecule has 0 N–H and O–H groups in total. The van der Waals surface area contributed by atoms with Crippen LogP contribution in [-0.4, -0.2) is 9.97 Å². The third kappa shape index (κ3) is 4.88. The third-order valence-electron chi connectivity index (χ3n) is 11.9. The van der Waals surface area contributed by atoms with E-state index in [2.05, 4.69) is 190 Å². The fourth-order valence-corrected chi connectivity index (χ4v) is 9.17. The average molecular weight is 701 g/mol. The van der Waals surface area contributed by atoms with Gasteiger partial charge in [-0.2, -0.15) is 0 Å². The minimum atomic E-state index is -0.181. The van der Waals surface area contributed by atoms with Crippen molar-refractivity contribution in [2.75, 3.05) is 0 Å². The van der Waals surface area contributed by atoms with E-state index in [4.69, 9.17) is 9.97 Å². The van der Waals surface area contributed by atoms with Crippen LogP contribution >= 0.6 is 0 Å². The highest BCUT2D eigenvalue weighted by Crippen LogP contribution is 2.54. The lowest BCUT2D eigenvalue weighted by Gasteiger charge is -2.25. The molecule has 0 atom stereocenters. The lowest BCUT2D eigenvalue weighted by atomic mass is 9.78. The smallest absolute Gasteiger partial charge is 0.160 e. The first kappa shape index (κ1) is 31.6. The predicted molar refractivity (Wildman–Crippen MR) is 231 cm³/mol. The summed E-state index contributed by atoms with van der Waals surface area (Å²) in [6.07, 6.45) is 0. The van der Waals surface area contributed by atoms with Crippen molar-refractivity contribution in [2.24, 2.45) is 0 Å². The zero-order valence-corrected chi connectivity index (χ0v) is 30.7. The molecule has 1 aromatic heterocycles. The Morgan fingerprint density at radius 3 is 1.56 bits per heavy atom. The van der Waals surface area contributed by atoms with Crippen molar-refractivity contribution in [1.29, 1.82) is 0 Å². The lowest BCUT2D eigenvalue weighted by Crippen LogP contribution is -2.15. The average Bonchev–Trinajstić information content (AvgIpc) is 3.49. The summed E-state index contributed by atoms with van der Waals surface area (Å²) in [5.41, 5.74) is 14.0. The SMILES string of the molecule is CC1(C)c2cc(-c3ccc(-c4nc(-c5ccc(-c6ccccc6)cc5)c5ccccc5n4)cc3)ccc2-c2ccc3c4ccccc4c4ccccc4c3c21. The van der Waals surface area contributed by atoms with Gasteiger partial charge in [-0.05, 0) is 89.0 Å². The molecule has 0 radical (unpaired) electrons. The summed E-state index contributed by atoms with van der Waals surface area (Å²) >= 11 is 0. The van der Waals surface area contributed by atoms with Crippen molar-refractivity contribution < 1.29 is 0 Å². The van der Waals surface area contributed by atoms with Crippen LogP contribution in [0.2, 0.25) is 0 Å². The van der Waals surface area contributed by atoms with E-state index in [0.717, 1.165) is 33.5 Å². The minimum Gasteiger partial charge on any atom is -0.228 e. The molecule has 0 fully saturated rings. The molecule has 55 heavy (non-hydrogen) atoms. The summed E-state index contributed by atoms with van der Waals surface area (Å²) in [7, 11) is 0. The van der Waals surface area contributed by atoms with Crippen molar-refractivity contribution in [3.63, 3.8) is 0 Å². The summed E-state index contributed by atoms with van der Waals surface area (Å²) in [5.74, 6) is 0.726. The van der Waals surface area contributed by atoms with E-state index in [0.29, 0.717) is 0 Å². The van der Waals surface area contributed by atoms with E-state index < -0.39 is 0 Å². The van der Waals surface area contributed by atoms with Crippen molar-refractivity contribution in [2.45, 2.75) is 19.3 Å². The van der Waals surface area contributed by atoms with Gasteiger partial charge in [-0.1, -0.05) is 184 Å². The maximum absolute atomic E-state index is 5.19. The molecule has 0 spiro atoms. The van der Waals surface area contributed by atoms with Gasteiger partial charge in [0.2, 0.25) is 0 Å². The molecule has 9 aromatic carbocycles. The Balaban J connectivity index is 0.975. The number of benzene rings is 9. The molecule has 1 aliphatic carbocycles. The van der Waals surface area contributed by atoms with E-state index in [-0.39, 0.29) is 5.41 Å². The zero-order chi connectivity index (χ0) is 36.7. The van der Waals surface area contributed by atoms with E-state index in [1.54, 1.807) is 0 Å². The molecule has 0 aliphatic heterocycles. The minimum absolute atomic E-state index is 0.181. The maximum atomic E-state index is 5.19. The van der Waals surface area contributed by atoms with Crippen LogP contribution in [0.5, 0.6) is 0 Å². The van der Waals surface area contributed by atoms with Gasteiger partial charge >= 0.3 is 0 Å². The molecule has 1 aliphatic rings. The summed E-state index contributed by atoms with van der Waals surface area (Å²) in [5, 5.41) is 9.02. The number of para-hydroxylation sites is 1. The van der Waals surface area contributed by atoms with Crippen LogP contribution in [0.25, 0.3) is 99.2 Å². The van der Waals surface area contributed by atoms with Crippen LogP contribution in [0, 0.1) is 0 Å². The highest BCUT2D eigenvalue weighted by atomic mass is 14.9. The summed E-state index contributed by atoms with van der Waals surface area (Å²) in [4.78, 5) is 10.2. The van der Waals surface area contributed by atoms with Gasteiger partial charge in [0.05, 0.1) is 11.2 Å². The van der Waals surface area contributed by atoms with Crippen molar-refractivity contribution >= 4 is 43.2 Å². The van der Waals surface area contributed by atoms with Crippen molar-refractivity contribution in [3.05, 3.63) is 193 Å². The molecule has 2 nitrogen and oxygen atoms in total. The summed E-state index contributed by atoms with van der Waals surface area (Å²) in [6.45, 7) is 4.80. The topological polar surface area (TPSA) is 25.8 Å². The molecular formula is C53H36N2. The normalized spacial score (nSPS) is 13.1. The lowest BCUT2D eigenvalue weighted by molar-refractivity contribution is 0.667. The van der Waals surface area contributed by atoms with Crippen LogP contribution in [0.4, 0.5) is 0 Å². The van der Waals surface area contributed by atoms with Gasteiger partial charge in [0.15, 0.2) is 5.82 Å². The Hall–Kier alpha value is -6.90. The molecule has 11 rings (SSSR count). The number of rotatable bonds is 4. The van der Waals surface area contributed by atoms with Gasteiger partial charge in [-0.25, -0.2) is 9.97 Å². The first-order valence-corrected chi connectivity index (χ1v) is 19.1. The highest BCUT2D eigenvalue weighted by molar-refractivity contribution is 6.27. The van der Waals surface area contributed by atoms with Gasteiger partial charge in [-0.3, -0.25) is 0 Å². The molecule has 0 unspecified atom stereocenters. The zero-order valence-electron chi connectivity index (χ0n) is 30.7. The van der Waals surface area contributed by atoms with Crippen LogP contribution in [0.1, 0.15) is 25.0 Å². The molecule has 0 saturated heterocycles. The number of nitrogens with zero attached hydrogens (tertiary/aromatic N) is 2.